The number of aromatic nitrogens is 2. The first-order valence-electron chi connectivity index (χ1n) is 2.98. The molecule has 1 heterocycles. The lowest BCUT2D eigenvalue weighted by Gasteiger charge is -1.81. The summed E-state index contributed by atoms with van der Waals surface area (Å²) in [5, 5.41) is 14.1. The summed E-state index contributed by atoms with van der Waals surface area (Å²) in [6, 6.07) is 0. The van der Waals surface area contributed by atoms with Crippen molar-refractivity contribution in [2.45, 2.75) is 6.92 Å². The second kappa shape index (κ2) is 2.53. The molecule has 5 nitrogen and oxygen atoms in total. The number of hydrogen-bond donors (Lipinski definition) is 0. The molecule has 0 aliphatic carbocycles. The normalized spacial score (nSPS) is 9.55. The zero-order valence-corrected chi connectivity index (χ0v) is 6.02. The maximum absolute atomic E-state index is 10.3. The lowest BCUT2D eigenvalue weighted by molar-refractivity contribution is -0.385. The average Bonchev–Trinajstić information content (AvgIpc) is 2.30. The molecular formula is C6H7N3O2. The van der Waals surface area contributed by atoms with E-state index in [0.717, 1.165) is 0 Å². The van der Waals surface area contributed by atoms with Gasteiger partial charge in [-0.2, -0.15) is 5.10 Å². The highest BCUT2D eigenvalue weighted by Crippen LogP contribution is 2.14. The van der Waals surface area contributed by atoms with Gasteiger partial charge in [0.15, 0.2) is 0 Å². The highest BCUT2D eigenvalue weighted by atomic mass is 16.6. The van der Waals surface area contributed by atoms with E-state index in [2.05, 4.69) is 11.7 Å². The lowest BCUT2D eigenvalue weighted by atomic mass is 10.4. The second-order valence-electron chi connectivity index (χ2n) is 2.02. The summed E-state index contributed by atoms with van der Waals surface area (Å²) in [7, 11) is 0. The van der Waals surface area contributed by atoms with Gasteiger partial charge in [-0.1, -0.05) is 6.58 Å². The molecule has 0 saturated carbocycles. The van der Waals surface area contributed by atoms with Crippen LogP contribution in [0.15, 0.2) is 12.8 Å². The lowest BCUT2D eigenvalue weighted by Crippen LogP contribution is -1.86. The van der Waals surface area contributed by atoms with E-state index in [1.807, 2.05) is 0 Å². The van der Waals surface area contributed by atoms with Gasteiger partial charge < -0.3 is 0 Å². The summed E-state index contributed by atoms with van der Waals surface area (Å²) in [4.78, 5) is 9.80. The fraction of sp³-hybridized carbons (Fsp3) is 0.167. The molecule has 0 unspecified atom stereocenters. The zero-order chi connectivity index (χ0) is 8.43. The van der Waals surface area contributed by atoms with Gasteiger partial charge in [0, 0.05) is 6.20 Å². The molecule has 1 rings (SSSR count). The number of rotatable bonds is 2. The minimum Gasteiger partial charge on any atom is -0.258 e. The molecule has 0 fully saturated rings. The Bertz CT molecular complexity index is 303. The van der Waals surface area contributed by atoms with Crippen LogP contribution in [-0.2, 0) is 0 Å². The maximum atomic E-state index is 10.3. The molecule has 0 aliphatic rings. The van der Waals surface area contributed by atoms with Crippen LogP contribution >= 0.6 is 0 Å². The van der Waals surface area contributed by atoms with Crippen LogP contribution in [-0.4, -0.2) is 14.7 Å². The maximum Gasteiger partial charge on any atom is 0.310 e. The van der Waals surface area contributed by atoms with E-state index in [4.69, 9.17) is 0 Å². The summed E-state index contributed by atoms with van der Waals surface area (Å²) < 4.78 is 1.31. The third-order valence-corrected chi connectivity index (χ3v) is 1.27. The Morgan fingerprint density at radius 1 is 1.91 bits per heavy atom. The molecule has 0 aliphatic heterocycles. The van der Waals surface area contributed by atoms with Crippen LogP contribution in [0, 0.1) is 17.0 Å². The molecule has 0 atom stereocenters. The van der Waals surface area contributed by atoms with Gasteiger partial charge in [-0.15, -0.1) is 0 Å². The molecular weight excluding hydrogens is 146 g/mol. The Labute approximate surface area is 63.1 Å². The van der Waals surface area contributed by atoms with E-state index in [9.17, 15) is 10.1 Å². The van der Waals surface area contributed by atoms with Crippen molar-refractivity contribution in [3.63, 3.8) is 0 Å². The predicted molar refractivity (Wildman–Crippen MR) is 40.0 cm³/mol. The molecule has 1 aromatic heterocycles. The minimum atomic E-state index is -0.470. The molecule has 0 saturated heterocycles. The Balaban J connectivity index is 3.16. The standard InChI is InChI=1S/C6H7N3O2/c1-3-8-4-6(9(10)11)5(2)7-8/h3-4H,1H2,2H3. The van der Waals surface area contributed by atoms with E-state index in [0.29, 0.717) is 5.69 Å². The summed E-state index contributed by atoms with van der Waals surface area (Å²) in [5.41, 5.74) is 0.416. The first kappa shape index (κ1) is 7.46. The van der Waals surface area contributed by atoms with E-state index in [1.165, 1.54) is 17.1 Å². The third kappa shape index (κ3) is 1.26. The molecule has 58 valence electrons. The van der Waals surface area contributed by atoms with Crippen molar-refractivity contribution in [3.8, 4) is 0 Å². The zero-order valence-electron chi connectivity index (χ0n) is 6.02. The minimum absolute atomic E-state index is 0.0184. The van der Waals surface area contributed by atoms with Crippen molar-refractivity contribution in [2.24, 2.45) is 0 Å². The van der Waals surface area contributed by atoms with Gasteiger partial charge in [-0.25, -0.2) is 4.68 Å². The van der Waals surface area contributed by atoms with Crippen LogP contribution in [0.1, 0.15) is 5.69 Å². The molecule has 5 heteroatoms. The average molecular weight is 153 g/mol. The van der Waals surface area contributed by atoms with Crippen molar-refractivity contribution in [2.75, 3.05) is 0 Å². The third-order valence-electron chi connectivity index (χ3n) is 1.27. The predicted octanol–water partition coefficient (Wildman–Crippen LogP) is 1.20. The van der Waals surface area contributed by atoms with Crippen molar-refractivity contribution in [1.29, 1.82) is 0 Å². The van der Waals surface area contributed by atoms with Crippen LogP contribution in [0.3, 0.4) is 0 Å². The highest BCUT2D eigenvalue weighted by Gasteiger charge is 2.13. The molecule has 0 radical (unpaired) electrons. The molecule has 0 bridgehead atoms. The largest absolute Gasteiger partial charge is 0.310 e. The van der Waals surface area contributed by atoms with E-state index in [1.54, 1.807) is 6.92 Å². The number of nitrogens with zero attached hydrogens (tertiary/aromatic N) is 3. The van der Waals surface area contributed by atoms with Gasteiger partial charge in [-0.3, -0.25) is 10.1 Å². The molecule has 0 amide bonds. The molecule has 0 N–H and O–H groups in total. The van der Waals surface area contributed by atoms with Crippen LogP contribution in [0.25, 0.3) is 6.20 Å². The van der Waals surface area contributed by atoms with Crippen molar-refractivity contribution < 1.29 is 4.92 Å². The number of hydrogen-bond acceptors (Lipinski definition) is 3. The Hall–Kier alpha value is -1.65. The SMILES string of the molecule is C=Cn1cc([N+](=O)[O-])c(C)n1. The smallest absolute Gasteiger partial charge is 0.258 e. The van der Waals surface area contributed by atoms with Crippen molar-refractivity contribution in [1.82, 2.24) is 9.78 Å². The highest BCUT2D eigenvalue weighted by molar-refractivity contribution is 5.34. The van der Waals surface area contributed by atoms with Gasteiger partial charge in [0.25, 0.3) is 0 Å². The Kier molecular flexibility index (Phi) is 1.72. The van der Waals surface area contributed by atoms with Gasteiger partial charge in [0.05, 0.1) is 4.92 Å². The van der Waals surface area contributed by atoms with E-state index in [-0.39, 0.29) is 5.69 Å². The Morgan fingerprint density at radius 3 is 2.82 bits per heavy atom. The van der Waals surface area contributed by atoms with Crippen LogP contribution in [0.5, 0.6) is 0 Å². The summed E-state index contributed by atoms with van der Waals surface area (Å²) in [6.45, 7) is 5.00. The van der Waals surface area contributed by atoms with Crippen LogP contribution < -0.4 is 0 Å². The van der Waals surface area contributed by atoms with Crippen molar-refractivity contribution >= 4 is 11.9 Å². The molecule has 11 heavy (non-hydrogen) atoms. The van der Waals surface area contributed by atoms with Crippen LogP contribution in [0.2, 0.25) is 0 Å². The second-order valence-corrected chi connectivity index (χ2v) is 2.02. The van der Waals surface area contributed by atoms with Gasteiger partial charge in [-0.05, 0) is 6.92 Å². The fourth-order valence-electron chi connectivity index (χ4n) is 0.745. The topological polar surface area (TPSA) is 61.0 Å². The van der Waals surface area contributed by atoms with Gasteiger partial charge >= 0.3 is 5.69 Å². The first-order valence-corrected chi connectivity index (χ1v) is 2.98. The quantitative estimate of drug-likeness (QED) is 0.473. The van der Waals surface area contributed by atoms with Gasteiger partial charge in [0.1, 0.15) is 11.9 Å². The number of nitro groups is 1. The fourth-order valence-corrected chi connectivity index (χ4v) is 0.745. The molecule has 0 aromatic carbocycles. The molecule has 0 spiro atoms. The summed E-state index contributed by atoms with van der Waals surface area (Å²) >= 11 is 0. The summed E-state index contributed by atoms with van der Waals surface area (Å²) in [5.74, 6) is 0. The summed E-state index contributed by atoms with van der Waals surface area (Å²) in [6.07, 6.45) is 2.72. The van der Waals surface area contributed by atoms with E-state index < -0.39 is 4.92 Å². The monoisotopic (exact) mass is 153 g/mol. The first-order chi connectivity index (χ1) is 5.15. The van der Waals surface area contributed by atoms with Gasteiger partial charge in [0.2, 0.25) is 0 Å². The van der Waals surface area contributed by atoms with E-state index >= 15 is 0 Å². The van der Waals surface area contributed by atoms with Crippen LogP contribution in [0.4, 0.5) is 5.69 Å². The number of aryl methyl sites for hydroxylation is 1. The molecule has 1 aromatic rings. The van der Waals surface area contributed by atoms with Crippen molar-refractivity contribution in [3.05, 3.63) is 28.6 Å². The Morgan fingerprint density at radius 2 is 2.55 bits per heavy atom.